The largest absolute Gasteiger partial charge is 0.459 e. The predicted molar refractivity (Wildman–Crippen MR) is 132 cm³/mol. The van der Waals surface area contributed by atoms with E-state index in [0.29, 0.717) is 27.5 Å². The maximum absolute atomic E-state index is 6.43. The molecule has 4 nitrogen and oxygen atoms in total. The van der Waals surface area contributed by atoms with Crippen LogP contribution in [0.1, 0.15) is 29.1 Å². The van der Waals surface area contributed by atoms with Gasteiger partial charge in [-0.1, -0.05) is 65.7 Å². The summed E-state index contributed by atoms with van der Waals surface area (Å²) in [6.45, 7) is 0.647. The lowest BCUT2D eigenvalue weighted by Crippen LogP contribution is -2.29. The Morgan fingerprint density at radius 2 is 1.75 bits per heavy atom. The summed E-state index contributed by atoms with van der Waals surface area (Å²) in [4.78, 5) is 6.72. The maximum Gasteiger partial charge on any atom is 0.170 e. The summed E-state index contributed by atoms with van der Waals surface area (Å²) >= 11 is 18.4. The second-order valence-corrected chi connectivity index (χ2v) is 8.72. The molecule has 0 aliphatic carbocycles. The fourth-order valence-corrected chi connectivity index (χ4v) is 4.71. The van der Waals surface area contributed by atoms with E-state index in [9.17, 15) is 0 Å². The van der Waals surface area contributed by atoms with Gasteiger partial charge in [0.2, 0.25) is 0 Å². The molecule has 0 unspecified atom stereocenters. The predicted octanol–water partition coefficient (Wildman–Crippen LogP) is 6.82. The minimum atomic E-state index is -0.177. The zero-order valence-electron chi connectivity index (χ0n) is 16.9. The summed E-state index contributed by atoms with van der Waals surface area (Å²) in [5, 5.41) is 5.07. The van der Waals surface area contributed by atoms with Crippen molar-refractivity contribution in [1.29, 1.82) is 0 Å². The van der Waals surface area contributed by atoms with Crippen LogP contribution in [0.3, 0.4) is 0 Å². The fourth-order valence-electron chi connectivity index (χ4n) is 4.02. The Hall–Kier alpha value is -2.86. The third-order valence-corrected chi connectivity index (χ3v) is 6.70. The highest BCUT2D eigenvalue weighted by atomic mass is 35.5. The molecule has 2 aromatic heterocycles. The first-order chi connectivity index (χ1) is 15.6. The number of hydrogen-bond acceptors (Lipinski definition) is 3. The van der Waals surface area contributed by atoms with Gasteiger partial charge in [0.1, 0.15) is 17.6 Å². The van der Waals surface area contributed by atoms with E-state index in [1.54, 1.807) is 12.3 Å². The van der Waals surface area contributed by atoms with Crippen molar-refractivity contribution in [3.8, 4) is 11.3 Å². The van der Waals surface area contributed by atoms with E-state index >= 15 is 0 Å². The van der Waals surface area contributed by atoms with Crippen molar-refractivity contribution < 1.29 is 4.42 Å². The summed E-state index contributed by atoms with van der Waals surface area (Å²) in [7, 11) is 0. The van der Waals surface area contributed by atoms with Crippen LogP contribution in [-0.2, 0) is 6.54 Å². The Bertz CT molecular complexity index is 1250. The van der Waals surface area contributed by atoms with Crippen molar-refractivity contribution in [2.24, 2.45) is 0 Å². The van der Waals surface area contributed by atoms with Gasteiger partial charge in [0.25, 0.3) is 0 Å². The number of pyridine rings is 1. The smallest absolute Gasteiger partial charge is 0.170 e. The van der Waals surface area contributed by atoms with E-state index in [1.165, 1.54) is 0 Å². The third kappa shape index (κ3) is 3.99. The molecule has 1 N–H and O–H groups in total. The van der Waals surface area contributed by atoms with Crippen molar-refractivity contribution >= 4 is 40.5 Å². The highest BCUT2D eigenvalue weighted by Gasteiger charge is 2.41. The van der Waals surface area contributed by atoms with Crippen LogP contribution in [0.5, 0.6) is 0 Å². The van der Waals surface area contributed by atoms with E-state index in [0.717, 1.165) is 22.6 Å². The molecular formula is C25H19Cl2N3OS. The summed E-state index contributed by atoms with van der Waals surface area (Å²) in [5.41, 5.74) is 2.81. The first-order valence-corrected chi connectivity index (χ1v) is 11.3. The van der Waals surface area contributed by atoms with Crippen LogP contribution >= 0.6 is 35.4 Å². The molecule has 0 saturated carbocycles. The number of benzene rings is 2. The van der Waals surface area contributed by atoms with Crippen LogP contribution in [0.4, 0.5) is 0 Å². The Labute approximate surface area is 201 Å². The normalized spacial score (nSPS) is 18.1. The molecule has 32 heavy (non-hydrogen) atoms. The Morgan fingerprint density at radius 1 is 0.938 bits per heavy atom. The quantitative estimate of drug-likeness (QED) is 0.318. The van der Waals surface area contributed by atoms with Gasteiger partial charge in [-0.05, 0) is 54.2 Å². The monoisotopic (exact) mass is 479 g/mol. The van der Waals surface area contributed by atoms with Crippen LogP contribution in [-0.4, -0.2) is 15.0 Å². The first-order valence-electron chi connectivity index (χ1n) is 10.2. The third-order valence-electron chi connectivity index (χ3n) is 5.53. The Morgan fingerprint density at radius 3 is 2.53 bits per heavy atom. The highest BCUT2D eigenvalue weighted by Crippen LogP contribution is 2.42. The molecule has 2 atom stereocenters. The molecule has 1 saturated heterocycles. The topological polar surface area (TPSA) is 41.3 Å². The van der Waals surface area contributed by atoms with Gasteiger partial charge in [0, 0.05) is 18.3 Å². The molecule has 0 spiro atoms. The molecule has 1 aliphatic heterocycles. The molecule has 0 bridgehead atoms. The Balaban J connectivity index is 1.56. The van der Waals surface area contributed by atoms with Crippen LogP contribution in [0, 0.1) is 0 Å². The maximum atomic E-state index is 6.43. The zero-order chi connectivity index (χ0) is 22.1. The number of nitrogens with one attached hydrogen (secondary N) is 1. The average molecular weight is 480 g/mol. The van der Waals surface area contributed by atoms with Gasteiger partial charge < -0.3 is 14.6 Å². The van der Waals surface area contributed by atoms with Crippen LogP contribution in [0.2, 0.25) is 10.0 Å². The highest BCUT2D eigenvalue weighted by molar-refractivity contribution is 7.80. The molecular weight excluding hydrogens is 461 g/mol. The molecule has 7 heteroatoms. The van der Waals surface area contributed by atoms with Gasteiger partial charge in [-0.3, -0.25) is 4.98 Å². The SMILES string of the molecule is S=C1N[C@@H](c2ccccn2)[C@@H](c2ccc(-c3cccc(Cl)c3Cl)o2)N1Cc1ccccc1. The van der Waals surface area contributed by atoms with E-state index in [-0.39, 0.29) is 12.1 Å². The van der Waals surface area contributed by atoms with E-state index in [2.05, 4.69) is 27.3 Å². The van der Waals surface area contributed by atoms with Gasteiger partial charge in [-0.25, -0.2) is 0 Å². The first kappa shape index (κ1) is 21.0. The van der Waals surface area contributed by atoms with Crippen molar-refractivity contribution in [3.05, 3.63) is 112 Å². The van der Waals surface area contributed by atoms with Crippen molar-refractivity contribution in [2.45, 2.75) is 18.6 Å². The van der Waals surface area contributed by atoms with Crippen LogP contribution in [0.15, 0.2) is 89.5 Å². The number of furan rings is 1. The number of hydrogen-bond donors (Lipinski definition) is 1. The number of aromatic nitrogens is 1. The van der Waals surface area contributed by atoms with Crippen molar-refractivity contribution in [3.63, 3.8) is 0 Å². The lowest BCUT2D eigenvalue weighted by Gasteiger charge is -2.26. The van der Waals surface area contributed by atoms with Gasteiger partial charge in [0.15, 0.2) is 5.11 Å². The van der Waals surface area contributed by atoms with E-state index < -0.39 is 0 Å². The molecule has 1 fully saturated rings. The molecule has 2 aromatic carbocycles. The summed E-state index contributed by atoms with van der Waals surface area (Å²) in [5.74, 6) is 1.43. The second-order valence-electron chi connectivity index (χ2n) is 7.54. The number of thiocarbonyl (C=S) groups is 1. The van der Waals surface area contributed by atoms with Gasteiger partial charge in [0.05, 0.1) is 21.8 Å². The van der Waals surface area contributed by atoms with E-state index in [4.69, 9.17) is 39.8 Å². The summed E-state index contributed by atoms with van der Waals surface area (Å²) in [6, 6.07) is 25.2. The number of rotatable bonds is 5. The number of nitrogens with zero attached hydrogens (tertiary/aromatic N) is 2. The molecule has 5 rings (SSSR count). The fraction of sp³-hybridized carbons (Fsp3) is 0.120. The molecule has 1 aliphatic rings. The molecule has 0 amide bonds. The molecule has 160 valence electrons. The lowest BCUT2D eigenvalue weighted by molar-refractivity contribution is 0.269. The van der Waals surface area contributed by atoms with Crippen LogP contribution < -0.4 is 5.32 Å². The minimum absolute atomic E-state index is 0.152. The second kappa shape index (κ2) is 8.94. The summed E-state index contributed by atoms with van der Waals surface area (Å²) < 4.78 is 6.35. The lowest BCUT2D eigenvalue weighted by atomic mass is 10.0. The summed E-state index contributed by atoms with van der Waals surface area (Å²) in [6.07, 6.45) is 1.79. The Kier molecular flexibility index (Phi) is 5.87. The minimum Gasteiger partial charge on any atom is -0.459 e. The molecule has 0 radical (unpaired) electrons. The van der Waals surface area contributed by atoms with E-state index in [1.807, 2.05) is 60.7 Å². The average Bonchev–Trinajstić information content (AvgIpc) is 3.42. The van der Waals surface area contributed by atoms with Gasteiger partial charge in [-0.15, -0.1) is 0 Å². The van der Waals surface area contributed by atoms with Gasteiger partial charge >= 0.3 is 0 Å². The standard InChI is InChI=1S/C25H19Cl2N3OS/c26-18-10-6-9-17(22(18)27)20-12-13-21(31-20)24-23(19-11-4-5-14-28-19)29-25(32)30(24)15-16-7-2-1-3-8-16/h1-14,23-24H,15H2,(H,29,32)/t23-,24+/m0/s1. The molecule has 3 heterocycles. The van der Waals surface area contributed by atoms with Crippen LogP contribution in [0.25, 0.3) is 11.3 Å². The molecule has 4 aromatic rings. The van der Waals surface area contributed by atoms with Crippen molar-refractivity contribution in [1.82, 2.24) is 15.2 Å². The van der Waals surface area contributed by atoms with Gasteiger partial charge in [-0.2, -0.15) is 0 Å². The van der Waals surface area contributed by atoms with Crippen molar-refractivity contribution in [2.75, 3.05) is 0 Å². The zero-order valence-corrected chi connectivity index (χ0v) is 19.2. The number of halogens is 2.